The van der Waals surface area contributed by atoms with Crippen LogP contribution in [0.3, 0.4) is 0 Å². The SMILES string of the molecule is CC1Sc2ccc(N)cc2N(C(=O)C(=O)O)C1=O. The van der Waals surface area contributed by atoms with Gasteiger partial charge in [0.05, 0.1) is 10.9 Å². The van der Waals surface area contributed by atoms with E-state index in [9.17, 15) is 14.4 Å². The number of hydrogen-bond acceptors (Lipinski definition) is 5. The van der Waals surface area contributed by atoms with Crippen LogP contribution in [0.15, 0.2) is 23.1 Å². The van der Waals surface area contributed by atoms with Gasteiger partial charge in [-0.2, -0.15) is 0 Å². The van der Waals surface area contributed by atoms with Crippen LogP contribution in [-0.4, -0.2) is 28.1 Å². The summed E-state index contributed by atoms with van der Waals surface area (Å²) in [6.07, 6.45) is 0. The molecule has 1 aliphatic rings. The molecule has 3 N–H and O–H groups in total. The van der Waals surface area contributed by atoms with Crippen LogP contribution in [0.1, 0.15) is 6.92 Å². The number of benzene rings is 1. The average Bonchev–Trinajstić information content (AvgIpc) is 2.31. The van der Waals surface area contributed by atoms with Crippen molar-refractivity contribution in [2.45, 2.75) is 17.1 Å². The largest absolute Gasteiger partial charge is 0.474 e. The quantitative estimate of drug-likeness (QED) is 0.529. The van der Waals surface area contributed by atoms with Crippen LogP contribution in [0, 0.1) is 0 Å². The second-order valence-electron chi connectivity index (χ2n) is 3.77. The van der Waals surface area contributed by atoms with Gasteiger partial charge >= 0.3 is 11.9 Å². The molecule has 0 fully saturated rings. The van der Waals surface area contributed by atoms with Gasteiger partial charge in [-0.1, -0.05) is 0 Å². The number of nitrogen functional groups attached to an aromatic ring is 1. The number of amides is 2. The summed E-state index contributed by atoms with van der Waals surface area (Å²) in [6.45, 7) is 1.62. The number of fused-ring (bicyclic) bond motifs is 1. The van der Waals surface area contributed by atoms with Crippen molar-refractivity contribution in [2.24, 2.45) is 0 Å². The molecular weight excluding hydrogens is 256 g/mol. The number of aliphatic carboxylic acids is 1. The van der Waals surface area contributed by atoms with Crippen molar-refractivity contribution >= 4 is 40.9 Å². The molecule has 1 aliphatic heterocycles. The minimum atomic E-state index is -1.67. The van der Waals surface area contributed by atoms with E-state index in [4.69, 9.17) is 10.8 Å². The number of carbonyl (C=O) groups excluding carboxylic acids is 2. The van der Waals surface area contributed by atoms with Gasteiger partial charge in [-0.15, -0.1) is 11.8 Å². The zero-order valence-electron chi connectivity index (χ0n) is 9.41. The van der Waals surface area contributed by atoms with Crippen molar-refractivity contribution < 1.29 is 19.5 Å². The first-order chi connectivity index (χ1) is 8.41. The number of carbonyl (C=O) groups is 3. The summed E-state index contributed by atoms with van der Waals surface area (Å²) in [4.78, 5) is 35.6. The second kappa shape index (κ2) is 4.34. The molecule has 0 spiro atoms. The molecule has 2 amide bonds. The Morgan fingerprint density at radius 1 is 1.44 bits per heavy atom. The van der Waals surface area contributed by atoms with Gasteiger partial charge in [0.2, 0.25) is 5.91 Å². The van der Waals surface area contributed by atoms with Crippen LogP contribution in [0.25, 0.3) is 0 Å². The second-order valence-corrected chi connectivity index (χ2v) is 5.15. The molecule has 2 rings (SSSR count). The maximum Gasteiger partial charge on any atom is 0.395 e. The monoisotopic (exact) mass is 266 g/mol. The van der Waals surface area contributed by atoms with E-state index in [1.165, 1.54) is 17.8 Å². The topological polar surface area (TPSA) is 101 Å². The van der Waals surface area contributed by atoms with E-state index < -0.39 is 23.0 Å². The predicted octanol–water partition coefficient (Wildman–Crippen LogP) is 0.707. The van der Waals surface area contributed by atoms with Crippen LogP contribution in [-0.2, 0) is 14.4 Å². The molecule has 0 bridgehead atoms. The number of rotatable bonds is 0. The molecule has 1 atom stereocenters. The maximum atomic E-state index is 11.9. The number of anilines is 2. The highest BCUT2D eigenvalue weighted by Crippen LogP contribution is 2.40. The molecule has 7 heteroatoms. The van der Waals surface area contributed by atoms with Crippen LogP contribution in [0.2, 0.25) is 0 Å². The molecule has 94 valence electrons. The highest BCUT2D eigenvalue weighted by molar-refractivity contribution is 8.01. The molecule has 0 aromatic heterocycles. The van der Waals surface area contributed by atoms with Crippen LogP contribution < -0.4 is 10.6 Å². The first-order valence-electron chi connectivity index (χ1n) is 5.09. The van der Waals surface area contributed by atoms with Crippen LogP contribution in [0.4, 0.5) is 11.4 Å². The molecule has 1 heterocycles. The van der Waals surface area contributed by atoms with E-state index in [0.29, 0.717) is 15.5 Å². The zero-order chi connectivity index (χ0) is 13.4. The first kappa shape index (κ1) is 12.4. The van der Waals surface area contributed by atoms with Crippen molar-refractivity contribution in [3.05, 3.63) is 18.2 Å². The number of carboxylic acids is 1. The fraction of sp³-hybridized carbons (Fsp3) is 0.182. The highest BCUT2D eigenvalue weighted by Gasteiger charge is 2.37. The molecule has 0 radical (unpaired) electrons. The van der Waals surface area contributed by atoms with Crippen molar-refractivity contribution in [1.29, 1.82) is 0 Å². The first-order valence-corrected chi connectivity index (χ1v) is 5.97. The third kappa shape index (κ3) is 1.92. The van der Waals surface area contributed by atoms with Gasteiger partial charge in [0.1, 0.15) is 0 Å². The van der Waals surface area contributed by atoms with Gasteiger partial charge in [0, 0.05) is 10.6 Å². The number of carboxylic acid groups (broad SMARTS) is 1. The van der Waals surface area contributed by atoms with E-state index in [0.717, 1.165) is 0 Å². The lowest BCUT2D eigenvalue weighted by Crippen LogP contribution is -2.47. The minimum Gasteiger partial charge on any atom is -0.474 e. The Hall–Kier alpha value is -2.02. The van der Waals surface area contributed by atoms with E-state index >= 15 is 0 Å². The lowest BCUT2D eigenvalue weighted by atomic mass is 10.2. The lowest BCUT2D eigenvalue weighted by molar-refractivity contribution is -0.150. The van der Waals surface area contributed by atoms with E-state index in [-0.39, 0.29) is 5.69 Å². The summed E-state index contributed by atoms with van der Waals surface area (Å²) >= 11 is 1.27. The Labute approximate surface area is 107 Å². The molecular formula is C11H10N2O4S. The Morgan fingerprint density at radius 3 is 2.72 bits per heavy atom. The fourth-order valence-corrected chi connectivity index (χ4v) is 2.66. The van der Waals surface area contributed by atoms with Crippen molar-refractivity contribution in [1.82, 2.24) is 0 Å². The van der Waals surface area contributed by atoms with Crippen molar-refractivity contribution in [2.75, 3.05) is 10.6 Å². The molecule has 1 aromatic rings. The lowest BCUT2D eigenvalue weighted by Gasteiger charge is -2.29. The Balaban J connectivity index is 2.57. The van der Waals surface area contributed by atoms with Crippen LogP contribution in [0.5, 0.6) is 0 Å². The van der Waals surface area contributed by atoms with E-state index in [1.54, 1.807) is 19.1 Å². The van der Waals surface area contributed by atoms with E-state index in [2.05, 4.69) is 0 Å². The van der Waals surface area contributed by atoms with Gasteiger partial charge in [0.15, 0.2) is 0 Å². The normalized spacial score (nSPS) is 18.4. The zero-order valence-corrected chi connectivity index (χ0v) is 10.2. The number of nitrogens with two attached hydrogens (primary N) is 1. The summed E-state index contributed by atoms with van der Waals surface area (Å²) < 4.78 is 0. The molecule has 0 saturated carbocycles. The van der Waals surface area contributed by atoms with Gasteiger partial charge in [-0.05, 0) is 25.1 Å². The summed E-state index contributed by atoms with van der Waals surface area (Å²) in [5, 5.41) is 8.24. The summed E-state index contributed by atoms with van der Waals surface area (Å²) in [5.41, 5.74) is 6.19. The molecule has 1 aromatic carbocycles. The predicted molar refractivity (Wildman–Crippen MR) is 66.3 cm³/mol. The molecule has 0 saturated heterocycles. The smallest absolute Gasteiger partial charge is 0.395 e. The number of imide groups is 1. The number of hydrogen-bond donors (Lipinski definition) is 2. The van der Waals surface area contributed by atoms with Crippen molar-refractivity contribution in [3.8, 4) is 0 Å². The maximum absolute atomic E-state index is 11.9. The summed E-state index contributed by atoms with van der Waals surface area (Å²) in [6, 6.07) is 4.73. The third-order valence-corrected chi connectivity index (χ3v) is 3.64. The van der Waals surface area contributed by atoms with E-state index in [1.807, 2.05) is 0 Å². The number of thioether (sulfide) groups is 1. The minimum absolute atomic E-state index is 0.232. The number of nitrogens with zero attached hydrogens (tertiary/aromatic N) is 1. The Morgan fingerprint density at radius 2 is 2.11 bits per heavy atom. The highest BCUT2D eigenvalue weighted by atomic mass is 32.2. The molecule has 18 heavy (non-hydrogen) atoms. The fourth-order valence-electron chi connectivity index (χ4n) is 1.66. The molecule has 6 nitrogen and oxygen atoms in total. The van der Waals surface area contributed by atoms with Gasteiger partial charge in [-0.3, -0.25) is 9.59 Å². The van der Waals surface area contributed by atoms with Crippen molar-refractivity contribution in [3.63, 3.8) is 0 Å². The van der Waals surface area contributed by atoms with Gasteiger partial charge < -0.3 is 10.8 Å². The standard InChI is InChI=1S/C11H10N2O4S/c1-5-9(14)13(10(15)11(16)17)7-4-6(12)2-3-8(7)18-5/h2-5H,12H2,1H3,(H,16,17). The van der Waals surface area contributed by atoms with Gasteiger partial charge in [0.25, 0.3) is 0 Å². The third-order valence-electron chi connectivity index (χ3n) is 2.48. The molecule has 1 unspecified atom stereocenters. The summed E-state index contributed by atoms with van der Waals surface area (Å²) in [7, 11) is 0. The Bertz CT molecular complexity index is 558. The average molecular weight is 266 g/mol. The van der Waals surface area contributed by atoms with Crippen LogP contribution >= 0.6 is 11.8 Å². The summed E-state index contributed by atoms with van der Waals surface area (Å²) in [5.74, 6) is -3.49. The molecule has 0 aliphatic carbocycles. The Kier molecular flexibility index (Phi) is 3.00. The van der Waals surface area contributed by atoms with Gasteiger partial charge in [-0.25, -0.2) is 9.69 Å².